The molecule has 0 radical (unpaired) electrons. The van der Waals surface area contributed by atoms with Gasteiger partial charge in [0.25, 0.3) is 0 Å². The fourth-order valence-corrected chi connectivity index (χ4v) is 4.61. The molecule has 0 atom stereocenters. The predicted molar refractivity (Wildman–Crippen MR) is 125 cm³/mol. The van der Waals surface area contributed by atoms with Gasteiger partial charge in [-0.2, -0.15) is 13.5 Å². The SMILES string of the molecule is CN(C)C(=S)SSC(=S)N(C)C.S.S=c1[nH]c2ccccc2s1. The van der Waals surface area contributed by atoms with E-state index in [1.54, 1.807) is 11.3 Å². The molecule has 0 spiro atoms. The third-order valence-corrected chi connectivity index (χ3v) is 7.62. The molecule has 0 aliphatic carbocycles. The Morgan fingerprint density at radius 2 is 1.48 bits per heavy atom. The summed E-state index contributed by atoms with van der Waals surface area (Å²) in [7, 11) is 10.7. The van der Waals surface area contributed by atoms with Crippen molar-refractivity contribution in [3.8, 4) is 0 Å². The monoisotopic (exact) mass is 441 g/mol. The summed E-state index contributed by atoms with van der Waals surface area (Å²) in [5.74, 6) is 0. The van der Waals surface area contributed by atoms with Crippen molar-refractivity contribution in [2.24, 2.45) is 0 Å². The Bertz CT molecular complexity index is 634. The Kier molecular flexibility index (Phi) is 11.7. The fraction of sp³-hybridized carbons (Fsp3) is 0.308. The van der Waals surface area contributed by atoms with Crippen molar-refractivity contribution < 1.29 is 0 Å². The number of rotatable bonds is 0. The first-order chi connectivity index (χ1) is 10.3. The number of nitrogens with one attached hydrogen (secondary N) is 1. The van der Waals surface area contributed by atoms with E-state index >= 15 is 0 Å². The number of aromatic nitrogens is 1. The van der Waals surface area contributed by atoms with Gasteiger partial charge in [0.15, 0.2) is 3.95 Å². The van der Waals surface area contributed by atoms with Crippen LogP contribution in [0.1, 0.15) is 0 Å². The highest BCUT2D eigenvalue weighted by Gasteiger charge is 2.04. The maximum atomic E-state index is 5.07. The van der Waals surface area contributed by atoms with E-state index in [2.05, 4.69) is 11.1 Å². The zero-order valence-electron chi connectivity index (χ0n) is 13.2. The minimum absolute atomic E-state index is 0. The van der Waals surface area contributed by atoms with E-state index in [1.165, 1.54) is 26.3 Å². The number of nitrogens with zero attached hydrogens (tertiary/aromatic N) is 2. The third-order valence-electron chi connectivity index (χ3n) is 2.24. The van der Waals surface area contributed by atoms with Crippen molar-refractivity contribution in [3.05, 3.63) is 28.2 Å². The lowest BCUT2D eigenvalue weighted by Gasteiger charge is -2.15. The molecule has 128 valence electrons. The number of benzene rings is 1. The lowest BCUT2D eigenvalue weighted by Crippen LogP contribution is -2.18. The van der Waals surface area contributed by atoms with Gasteiger partial charge in [-0.25, -0.2) is 0 Å². The Labute approximate surface area is 172 Å². The maximum Gasteiger partial charge on any atom is 0.159 e. The van der Waals surface area contributed by atoms with E-state index in [0.717, 1.165) is 18.1 Å². The zero-order chi connectivity index (χ0) is 16.7. The van der Waals surface area contributed by atoms with Gasteiger partial charge in [-0.1, -0.05) is 36.6 Å². The second-order valence-electron chi connectivity index (χ2n) is 4.50. The van der Waals surface area contributed by atoms with Gasteiger partial charge in [-0.3, -0.25) is 0 Å². The molecule has 0 amide bonds. The van der Waals surface area contributed by atoms with E-state index in [-0.39, 0.29) is 13.5 Å². The van der Waals surface area contributed by atoms with E-state index in [4.69, 9.17) is 36.7 Å². The highest BCUT2D eigenvalue weighted by atomic mass is 33.1. The minimum atomic E-state index is 0. The summed E-state index contributed by atoms with van der Waals surface area (Å²) in [6.07, 6.45) is 0. The molecule has 23 heavy (non-hydrogen) atoms. The number of para-hydroxylation sites is 1. The van der Waals surface area contributed by atoms with Gasteiger partial charge < -0.3 is 14.8 Å². The first-order valence-corrected chi connectivity index (χ1v) is 10.4. The molecule has 1 aromatic heterocycles. The van der Waals surface area contributed by atoms with Gasteiger partial charge in [-0.15, -0.1) is 11.3 Å². The second-order valence-corrected chi connectivity index (χ2v) is 9.61. The molecule has 1 aromatic carbocycles. The minimum Gasteiger partial charge on any atom is -0.363 e. The van der Waals surface area contributed by atoms with Gasteiger partial charge in [0.2, 0.25) is 0 Å². The molecular weight excluding hydrogens is 423 g/mol. The van der Waals surface area contributed by atoms with Crippen molar-refractivity contribution in [3.63, 3.8) is 0 Å². The van der Waals surface area contributed by atoms with Crippen LogP contribution in [-0.4, -0.2) is 51.6 Å². The van der Waals surface area contributed by atoms with Crippen LogP contribution in [-0.2, 0) is 0 Å². The van der Waals surface area contributed by atoms with Crippen LogP contribution in [0.25, 0.3) is 10.2 Å². The van der Waals surface area contributed by atoms with Crippen molar-refractivity contribution in [1.82, 2.24) is 14.8 Å². The molecule has 10 heteroatoms. The molecule has 2 rings (SSSR count). The van der Waals surface area contributed by atoms with Crippen molar-refractivity contribution in [1.29, 1.82) is 0 Å². The van der Waals surface area contributed by atoms with Crippen LogP contribution >= 0.6 is 83.1 Å². The first-order valence-electron chi connectivity index (χ1n) is 6.16. The molecule has 0 aliphatic heterocycles. The van der Waals surface area contributed by atoms with E-state index in [9.17, 15) is 0 Å². The van der Waals surface area contributed by atoms with Gasteiger partial charge in [0.05, 0.1) is 10.2 Å². The molecule has 1 heterocycles. The largest absolute Gasteiger partial charge is 0.363 e. The lowest BCUT2D eigenvalue weighted by molar-refractivity contribution is 0.647. The number of fused-ring (bicyclic) bond motifs is 1. The summed E-state index contributed by atoms with van der Waals surface area (Å²) in [6, 6.07) is 8.11. The van der Waals surface area contributed by atoms with Crippen LogP contribution in [0.4, 0.5) is 0 Å². The molecular formula is C13H19N3S7. The number of hydrogen-bond donors (Lipinski definition) is 1. The van der Waals surface area contributed by atoms with E-state index in [0.29, 0.717) is 0 Å². The van der Waals surface area contributed by atoms with Crippen LogP contribution in [0.3, 0.4) is 0 Å². The number of hydrogen-bond acceptors (Lipinski definition) is 6. The van der Waals surface area contributed by atoms with Gasteiger partial charge in [0, 0.05) is 28.2 Å². The van der Waals surface area contributed by atoms with E-state index < -0.39 is 0 Å². The quantitative estimate of drug-likeness (QED) is 0.446. The van der Waals surface area contributed by atoms with Crippen LogP contribution in [0, 0.1) is 3.95 Å². The zero-order valence-corrected chi connectivity index (χ0v) is 19.1. The summed E-state index contributed by atoms with van der Waals surface area (Å²) in [6.45, 7) is 0. The Hall–Kier alpha value is 0.160. The molecule has 0 fully saturated rings. The molecule has 0 bridgehead atoms. The van der Waals surface area contributed by atoms with E-state index in [1.807, 2.05) is 56.2 Å². The summed E-state index contributed by atoms with van der Waals surface area (Å²) >= 11 is 16.7. The number of thiazole rings is 1. The molecule has 0 unspecified atom stereocenters. The van der Waals surface area contributed by atoms with Gasteiger partial charge in [-0.05, 0) is 45.9 Å². The normalized spacial score (nSPS) is 9.39. The highest BCUT2D eigenvalue weighted by molar-refractivity contribution is 8.89. The topological polar surface area (TPSA) is 22.3 Å². The van der Waals surface area contributed by atoms with Crippen LogP contribution in [0.15, 0.2) is 24.3 Å². The lowest BCUT2D eigenvalue weighted by atomic mass is 10.3. The standard InChI is InChI=1S/C7H5NS2.C6H12N2S4.H2S/c9-7-8-5-3-1-2-4-6(5)10-7;1-7(2)5(9)11-12-6(10)8(3)4;/h1-4H,(H,8,9);1-4H3;1H2. The van der Waals surface area contributed by atoms with Gasteiger partial charge >= 0.3 is 0 Å². The average Bonchev–Trinajstić information content (AvgIpc) is 2.84. The summed E-state index contributed by atoms with van der Waals surface area (Å²) < 4.78 is 3.75. The first kappa shape index (κ1) is 23.2. The average molecular weight is 442 g/mol. The maximum absolute atomic E-state index is 5.07. The van der Waals surface area contributed by atoms with Crippen molar-refractivity contribution >= 4 is 102 Å². The fourth-order valence-electron chi connectivity index (χ4n) is 1.11. The Balaban J connectivity index is 0.000000406. The molecule has 3 nitrogen and oxygen atoms in total. The number of aromatic amines is 1. The predicted octanol–water partition coefficient (Wildman–Crippen LogP) is 5.13. The van der Waals surface area contributed by atoms with Crippen molar-refractivity contribution in [2.45, 2.75) is 0 Å². The highest BCUT2D eigenvalue weighted by Crippen LogP contribution is 2.26. The summed E-state index contributed by atoms with van der Waals surface area (Å²) in [5.41, 5.74) is 1.14. The van der Waals surface area contributed by atoms with Crippen LogP contribution < -0.4 is 0 Å². The number of thiocarbonyl (C=S) groups is 2. The third kappa shape index (κ3) is 8.71. The van der Waals surface area contributed by atoms with Crippen LogP contribution in [0.5, 0.6) is 0 Å². The second kappa shape index (κ2) is 11.7. The smallest absolute Gasteiger partial charge is 0.159 e. The van der Waals surface area contributed by atoms with Crippen molar-refractivity contribution in [2.75, 3.05) is 28.2 Å². The molecule has 0 saturated carbocycles. The summed E-state index contributed by atoms with van der Waals surface area (Å²) in [5, 5.41) is 0. The number of H-pyrrole nitrogens is 1. The van der Waals surface area contributed by atoms with Gasteiger partial charge in [0.1, 0.15) is 8.64 Å². The molecule has 0 saturated heterocycles. The van der Waals surface area contributed by atoms with Crippen LogP contribution in [0.2, 0.25) is 0 Å². The Morgan fingerprint density at radius 3 is 1.91 bits per heavy atom. The molecule has 1 N–H and O–H groups in total. The summed E-state index contributed by atoms with van der Waals surface area (Å²) in [4.78, 5) is 6.88. The Morgan fingerprint density at radius 1 is 1.00 bits per heavy atom. The molecule has 2 aromatic rings. The molecule has 0 aliphatic rings.